The van der Waals surface area contributed by atoms with E-state index in [2.05, 4.69) is 10.1 Å². The summed E-state index contributed by atoms with van der Waals surface area (Å²) in [6.07, 6.45) is 5.39. The van der Waals surface area contributed by atoms with Gasteiger partial charge in [-0.05, 0) is 35.9 Å². The first-order valence-electron chi connectivity index (χ1n) is 8.65. The van der Waals surface area contributed by atoms with Gasteiger partial charge in [-0.3, -0.25) is 4.79 Å². The number of benzene rings is 2. The highest BCUT2D eigenvalue weighted by Crippen LogP contribution is 2.31. The van der Waals surface area contributed by atoms with Gasteiger partial charge in [0, 0.05) is 10.6 Å². The summed E-state index contributed by atoms with van der Waals surface area (Å²) in [5.41, 5.74) is 1.49. The molecule has 2 aromatic heterocycles. The van der Waals surface area contributed by atoms with Crippen LogP contribution < -0.4 is 19.6 Å². The van der Waals surface area contributed by atoms with Crippen LogP contribution in [0.25, 0.3) is 23.2 Å². The number of hydrogen-bond donors (Lipinski definition) is 0. The quantitative estimate of drug-likeness (QED) is 0.489. The fourth-order valence-electron chi connectivity index (χ4n) is 2.83. The number of thiazole rings is 1. The van der Waals surface area contributed by atoms with Gasteiger partial charge in [-0.1, -0.05) is 53.3 Å². The van der Waals surface area contributed by atoms with Gasteiger partial charge in [0.25, 0.3) is 5.56 Å². The Labute approximate surface area is 175 Å². The van der Waals surface area contributed by atoms with Crippen LogP contribution in [0.15, 0.2) is 47.3 Å². The molecule has 6 nitrogen and oxygen atoms in total. The first-order valence-corrected chi connectivity index (χ1v) is 9.84. The fraction of sp³-hybridized carbons (Fsp3) is 0.0952. The van der Waals surface area contributed by atoms with Gasteiger partial charge in [0.05, 0.1) is 18.8 Å². The van der Waals surface area contributed by atoms with E-state index in [1.807, 2.05) is 42.5 Å². The Morgan fingerprint density at radius 2 is 1.86 bits per heavy atom. The van der Waals surface area contributed by atoms with E-state index in [-0.39, 0.29) is 5.56 Å². The van der Waals surface area contributed by atoms with E-state index < -0.39 is 0 Å². The lowest BCUT2D eigenvalue weighted by molar-refractivity contribution is 0.354. The molecule has 0 spiro atoms. The van der Waals surface area contributed by atoms with E-state index in [4.69, 9.17) is 21.1 Å². The molecule has 8 heteroatoms. The molecule has 0 saturated carbocycles. The predicted octanol–water partition coefficient (Wildman–Crippen LogP) is 3.54. The van der Waals surface area contributed by atoms with Gasteiger partial charge in [0.2, 0.25) is 4.96 Å². The van der Waals surface area contributed by atoms with Crippen LogP contribution in [-0.2, 0) is 0 Å². The molecule has 0 N–H and O–H groups in total. The number of methoxy groups -OCH3 is 2. The van der Waals surface area contributed by atoms with E-state index in [0.29, 0.717) is 31.8 Å². The zero-order valence-corrected chi connectivity index (χ0v) is 17.2. The number of hydrogen-bond acceptors (Lipinski definition) is 6. The van der Waals surface area contributed by atoms with Gasteiger partial charge >= 0.3 is 0 Å². The lowest BCUT2D eigenvalue weighted by Gasteiger charge is -2.09. The molecule has 0 radical (unpaired) electrons. The van der Waals surface area contributed by atoms with E-state index in [1.165, 1.54) is 15.9 Å². The molecule has 0 amide bonds. The predicted molar refractivity (Wildman–Crippen MR) is 116 cm³/mol. The maximum absolute atomic E-state index is 12.7. The van der Waals surface area contributed by atoms with E-state index in [1.54, 1.807) is 32.4 Å². The van der Waals surface area contributed by atoms with Crippen LogP contribution in [0.4, 0.5) is 0 Å². The minimum atomic E-state index is -0.228. The number of ether oxygens (including phenoxy) is 2. The SMILES string of the molecule is COc1cccc(/C=c2/sc3nc(/C=C/c4ccc(Cl)cc4)nn3c2=O)c1OC. The van der Waals surface area contributed by atoms with Crippen LogP contribution in [0, 0.1) is 0 Å². The van der Waals surface area contributed by atoms with Crippen molar-refractivity contribution in [1.29, 1.82) is 0 Å². The molecule has 0 fully saturated rings. The normalized spacial score (nSPS) is 12.2. The van der Waals surface area contributed by atoms with Crippen molar-refractivity contribution in [2.24, 2.45) is 0 Å². The zero-order valence-electron chi connectivity index (χ0n) is 15.6. The van der Waals surface area contributed by atoms with Crippen molar-refractivity contribution in [3.8, 4) is 11.5 Å². The van der Waals surface area contributed by atoms with Gasteiger partial charge in [0.1, 0.15) is 0 Å². The smallest absolute Gasteiger partial charge is 0.291 e. The van der Waals surface area contributed by atoms with E-state index >= 15 is 0 Å². The lowest BCUT2D eigenvalue weighted by Crippen LogP contribution is -2.23. The van der Waals surface area contributed by atoms with E-state index in [0.717, 1.165) is 11.1 Å². The monoisotopic (exact) mass is 425 g/mol. The van der Waals surface area contributed by atoms with Crippen molar-refractivity contribution < 1.29 is 9.47 Å². The summed E-state index contributed by atoms with van der Waals surface area (Å²) in [4.78, 5) is 17.7. The fourth-order valence-corrected chi connectivity index (χ4v) is 3.86. The molecular weight excluding hydrogens is 410 g/mol. The largest absolute Gasteiger partial charge is 0.493 e. The Hall–Kier alpha value is -3.16. The molecule has 2 heterocycles. The summed E-state index contributed by atoms with van der Waals surface area (Å²) >= 11 is 7.16. The summed E-state index contributed by atoms with van der Waals surface area (Å²) in [5.74, 6) is 1.64. The molecule has 0 aliphatic rings. The highest BCUT2D eigenvalue weighted by atomic mass is 35.5. The second kappa shape index (κ2) is 8.06. The van der Waals surface area contributed by atoms with Crippen molar-refractivity contribution >= 4 is 46.1 Å². The molecule has 0 bridgehead atoms. The Kier molecular flexibility index (Phi) is 5.33. The van der Waals surface area contributed by atoms with Crippen molar-refractivity contribution in [2.45, 2.75) is 0 Å². The Morgan fingerprint density at radius 3 is 2.55 bits per heavy atom. The minimum Gasteiger partial charge on any atom is -0.493 e. The van der Waals surface area contributed by atoms with Gasteiger partial charge in [0.15, 0.2) is 17.3 Å². The standard InChI is InChI=1S/C21H16ClN3O3S/c1-27-16-5-3-4-14(19(16)28-2)12-17-20(26)25-21(29-17)23-18(24-25)11-8-13-6-9-15(22)10-7-13/h3-12H,1-2H3/b11-8+,17-12+. The third-order valence-electron chi connectivity index (χ3n) is 4.21. The number of para-hydroxylation sites is 1. The molecule has 4 aromatic rings. The summed E-state index contributed by atoms with van der Waals surface area (Å²) < 4.78 is 12.6. The van der Waals surface area contributed by atoms with Crippen molar-refractivity contribution in [3.05, 3.63) is 79.3 Å². The van der Waals surface area contributed by atoms with Crippen molar-refractivity contribution in [1.82, 2.24) is 14.6 Å². The molecule has 29 heavy (non-hydrogen) atoms. The highest BCUT2D eigenvalue weighted by molar-refractivity contribution is 7.15. The first-order chi connectivity index (χ1) is 14.1. The number of aromatic nitrogens is 3. The summed E-state index contributed by atoms with van der Waals surface area (Å²) in [5, 5.41) is 4.97. The molecule has 0 atom stereocenters. The first kappa shape index (κ1) is 19.2. The van der Waals surface area contributed by atoms with Crippen LogP contribution in [0.5, 0.6) is 11.5 Å². The van der Waals surface area contributed by atoms with Gasteiger partial charge in [-0.25, -0.2) is 0 Å². The molecule has 4 rings (SSSR count). The van der Waals surface area contributed by atoms with Crippen LogP contribution in [-0.4, -0.2) is 28.8 Å². The molecule has 0 aliphatic carbocycles. The van der Waals surface area contributed by atoms with Crippen LogP contribution in [0.3, 0.4) is 0 Å². The maximum atomic E-state index is 12.7. The second-order valence-corrected chi connectivity index (χ2v) is 7.49. The molecule has 146 valence electrons. The Balaban J connectivity index is 1.70. The molecule has 2 aromatic carbocycles. The third kappa shape index (κ3) is 3.87. The molecule has 0 aliphatic heterocycles. The number of nitrogens with zero attached hydrogens (tertiary/aromatic N) is 3. The van der Waals surface area contributed by atoms with Crippen molar-refractivity contribution in [2.75, 3.05) is 14.2 Å². The molecule has 0 unspecified atom stereocenters. The van der Waals surface area contributed by atoms with Crippen LogP contribution in [0.1, 0.15) is 17.0 Å². The molecular formula is C21H16ClN3O3S. The van der Waals surface area contributed by atoms with Gasteiger partial charge in [-0.2, -0.15) is 9.50 Å². The molecule has 0 saturated heterocycles. The van der Waals surface area contributed by atoms with Gasteiger partial charge < -0.3 is 9.47 Å². The summed E-state index contributed by atoms with van der Waals surface area (Å²) in [7, 11) is 3.14. The van der Waals surface area contributed by atoms with Gasteiger partial charge in [-0.15, -0.1) is 5.10 Å². The second-order valence-electron chi connectivity index (χ2n) is 6.05. The van der Waals surface area contributed by atoms with Crippen LogP contribution >= 0.6 is 22.9 Å². The zero-order chi connectivity index (χ0) is 20.4. The minimum absolute atomic E-state index is 0.228. The Morgan fingerprint density at radius 1 is 1.07 bits per heavy atom. The summed E-state index contributed by atoms with van der Waals surface area (Å²) in [6.45, 7) is 0. The third-order valence-corrected chi connectivity index (χ3v) is 5.42. The number of rotatable bonds is 5. The topological polar surface area (TPSA) is 65.7 Å². The van der Waals surface area contributed by atoms with Crippen molar-refractivity contribution in [3.63, 3.8) is 0 Å². The average molecular weight is 426 g/mol. The Bertz CT molecular complexity index is 1310. The average Bonchev–Trinajstić information content (AvgIpc) is 3.26. The van der Waals surface area contributed by atoms with E-state index in [9.17, 15) is 4.79 Å². The number of halogens is 1. The maximum Gasteiger partial charge on any atom is 0.291 e. The lowest BCUT2D eigenvalue weighted by atomic mass is 10.2. The summed E-state index contributed by atoms with van der Waals surface area (Å²) in [6, 6.07) is 12.9. The van der Waals surface area contributed by atoms with Crippen LogP contribution in [0.2, 0.25) is 5.02 Å². The number of fused-ring (bicyclic) bond motifs is 1. The highest BCUT2D eigenvalue weighted by Gasteiger charge is 2.11.